The Labute approximate surface area is 139 Å². The zero-order valence-corrected chi connectivity index (χ0v) is 14.7. The largest absolute Gasteiger partial charge is 0.491 e. The number of ether oxygens (including phenoxy) is 1. The van der Waals surface area contributed by atoms with Gasteiger partial charge in [0.2, 0.25) is 0 Å². The highest BCUT2D eigenvalue weighted by molar-refractivity contribution is 9.10. The number of halogens is 1. The first kappa shape index (κ1) is 16.6. The summed E-state index contributed by atoms with van der Waals surface area (Å²) in [6.07, 6.45) is 0. The van der Waals surface area contributed by atoms with Gasteiger partial charge in [0.25, 0.3) is 5.91 Å². The molecule has 0 atom stereocenters. The average Bonchev–Trinajstić information content (AvgIpc) is 2.51. The fourth-order valence-corrected chi connectivity index (χ4v) is 2.43. The normalized spacial score (nSPS) is 10.4. The van der Waals surface area contributed by atoms with Crippen LogP contribution in [-0.4, -0.2) is 19.1 Å². The maximum atomic E-state index is 12.0. The van der Waals surface area contributed by atoms with Gasteiger partial charge in [-0.25, -0.2) is 0 Å². The minimum absolute atomic E-state index is 0.0891. The third-order valence-corrected chi connectivity index (χ3v) is 4.14. The molecule has 0 fully saturated rings. The highest BCUT2D eigenvalue weighted by Gasteiger charge is 2.07. The van der Waals surface area contributed by atoms with Gasteiger partial charge in [0.15, 0.2) is 0 Å². The second kappa shape index (κ2) is 7.45. The van der Waals surface area contributed by atoms with Gasteiger partial charge >= 0.3 is 0 Å². The number of carbonyl (C=O) groups is 1. The Morgan fingerprint density at radius 2 is 1.68 bits per heavy atom. The third kappa shape index (κ3) is 4.10. The molecule has 0 unspecified atom stereocenters. The van der Waals surface area contributed by atoms with Crippen LogP contribution >= 0.6 is 15.9 Å². The second-order valence-corrected chi connectivity index (χ2v) is 6.18. The van der Waals surface area contributed by atoms with E-state index < -0.39 is 0 Å². The van der Waals surface area contributed by atoms with Crippen molar-refractivity contribution in [1.82, 2.24) is 5.32 Å². The number of aryl methyl sites for hydroxylation is 2. The number of benzene rings is 2. The summed E-state index contributed by atoms with van der Waals surface area (Å²) in [4.78, 5) is 12.0. The molecule has 116 valence electrons. The number of nitrogens with one attached hydrogen (secondary N) is 1. The monoisotopic (exact) mass is 361 g/mol. The van der Waals surface area contributed by atoms with E-state index in [2.05, 4.69) is 47.2 Å². The van der Waals surface area contributed by atoms with Gasteiger partial charge < -0.3 is 10.1 Å². The van der Waals surface area contributed by atoms with Crippen molar-refractivity contribution in [2.75, 3.05) is 13.2 Å². The molecule has 0 aliphatic heterocycles. The van der Waals surface area contributed by atoms with Crippen LogP contribution in [0.1, 0.15) is 27.0 Å². The molecule has 0 radical (unpaired) electrons. The van der Waals surface area contributed by atoms with E-state index in [4.69, 9.17) is 4.74 Å². The Hall–Kier alpha value is -1.81. The Kier molecular flexibility index (Phi) is 5.61. The molecule has 0 spiro atoms. The maximum Gasteiger partial charge on any atom is 0.251 e. The summed E-state index contributed by atoms with van der Waals surface area (Å²) < 4.78 is 6.79. The van der Waals surface area contributed by atoms with Crippen LogP contribution in [0.2, 0.25) is 0 Å². The van der Waals surface area contributed by atoms with Crippen LogP contribution in [0, 0.1) is 20.8 Å². The first-order valence-corrected chi connectivity index (χ1v) is 8.01. The Morgan fingerprint density at radius 3 is 2.36 bits per heavy atom. The van der Waals surface area contributed by atoms with E-state index in [1.165, 1.54) is 5.56 Å². The topological polar surface area (TPSA) is 38.3 Å². The van der Waals surface area contributed by atoms with Crippen LogP contribution in [0.5, 0.6) is 5.75 Å². The molecule has 0 saturated carbocycles. The van der Waals surface area contributed by atoms with Crippen LogP contribution in [0.3, 0.4) is 0 Å². The predicted octanol–water partition coefficient (Wildman–Crippen LogP) is 4.18. The fraction of sp³-hybridized carbons (Fsp3) is 0.278. The quantitative estimate of drug-likeness (QED) is 0.811. The van der Waals surface area contributed by atoms with Crippen molar-refractivity contribution in [2.24, 2.45) is 0 Å². The summed E-state index contributed by atoms with van der Waals surface area (Å²) >= 11 is 3.35. The smallest absolute Gasteiger partial charge is 0.251 e. The molecule has 1 N–H and O–H groups in total. The molecule has 0 saturated heterocycles. The first-order valence-electron chi connectivity index (χ1n) is 7.22. The molecule has 2 aromatic rings. The standard InChI is InChI=1S/C18H20BrNO2/c1-12-4-5-13(2)17(14(12)3)22-11-10-20-18(21)15-6-8-16(19)9-7-15/h4-9H,10-11H2,1-3H3,(H,20,21). The molecular weight excluding hydrogens is 342 g/mol. The molecule has 1 amide bonds. The maximum absolute atomic E-state index is 12.0. The first-order chi connectivity index (χ1) is 10.5. The summed E-state index contributed by atoms with van der Waals surface area (Å²) in [7, 11) is 0. The van der Waals surface area contributed by atoms with Gasteiger partial charge in [-0.05, 0) is 61.7 Å². The van der Waals surface area contributed by atoms with Gasteiger partial charge in [-0.1, -0.05) is 28.1 Å². The zero-order chi connectivity index (χ0) is 16.1. The Morgan fingerprint density at radius 1 is 1.05 bits per heavy atom. The predicted molar refractivity (Wildman–Crippen MR) is 92.6 cm³/mol. The Bertz CT molecular complexity index is 666. The van der Waals surface area contributed by atoms with E-state index in [1.807, 2.05) is 19.1 Å². The molecule has 22 heavy (non-hydrogen) atoms. The summed E-state index contributed by atoms with van der Waals surface area (Å²) in [5, 5.41) is 2.86. The fourth-order valence-electron chi connectivity index (χ4n) is 2.17. The molecule has 0 heterocycles. The number of hydrogen-bond donors (Lipinski definition) is 1. The number of carbonyl (C=O) groups excluding carboxylic acids is 1. The minimum Gasteiger partial charge on any atom is -0.491 e. The van der Waals surface area contributed by atoms with E-state index in [9.17, 15) is 4.79 Å². The summed E-state index contributed by atoms with van der Waals surface area (Å²) in [6, 6.07) is 11.4. The van der Waals surface area contributed by atoms with Crippen LogP contribution in [0.4, 0.5) is 0 Å². The van der Waals surface area contributed by atoms with Crippen LogP contribution in [-0.2, 0) is 0 Å². The minimum atomic E-state index is -0.0891. The molecule has 0 aliphatic rings. The molecule has 3 nitrogen and oxygen atoms in total. The van der Waals surface area contributed by atoms with Crippen molar-refractivity contribution in [3.05, 3.63) is 63.1 Å². The lowest BCUT2D eigenvalue weighted by atomic mass is 10.1. The lowest BCUT2D eigenvalue weighted by Gasteiger charge is -2.14. The molecule has 0 aromatic heterocycles. The van der Waals surface area contributed by atoms with Gasteiger partial charge in [-0.15, -0.1) is 0 Å². The zero-order valence-electron chi connectivity index (χ0n) is 13.1. The average molecular weight is 362 g/mol. The van der Waals surface area contributed by atoms with E-state index >= 15 is 0 Å². The van der Waals surface area contributed by atoms with Gasteiger partial charge in [0.05, 0.1) is 6.54 Å². The molecule has 2 aromatic carbocycles. The number of hydrogen-bond acceptors (Lipinski definition) is 2. The summed E-state index contributed by atoms with van der Waals surface area (Å²) in [5.74, 6) is 0.826. The summed E-state index contributed by atoms with van der Waals surface area (Å²) in [5.41, 5.74) is 4.12. The highest BCUT2D eigenvalue weighted by atomic mass is 79.9. The number of amides is 1. The molecule has 0 bridgehead atoms. The lowest BCUT2D eigenvalue weighted by Crippen LogP contribution is -2.28. The van der Waals surface area contributed by atoms with Crippen LogP contribution in [0.25, 0.3) is 0 Å². The third-order valence-electron chi connectivity index (χ3n) is 3.61. The van der Waals surface area contributed by atoms with Gasteiger partial charge in [0, 0.05) is 10.0 Å². The molecular formula is C18H20BrNO2. The van der Waals surface area contributed by atoms with Crippen molar-refractivity contribution in [3.8, 4) is 5.75 Å². The van der Waals surface area contributed by atoms with Gasteiger partial charge in [-0.2, -0.15) is 0 Å². The van der Waals surface area contributed by atoms with Crippen molar-refractivity contribution in [3.63, 3.8) is 0 Å². The van der Waals surface area contributed by atoms with Crippen LogP contribution in [0.15, 0.2) is 40.9 Å². The SMILES string of the molecule is Cc1ccc(C)c(OCCNC(=O)c2ccc(Br)cc2)c1C. The van der Waals surface area contributed by atoms with Crippen molar-refractivity contribution in [2.45, 2.75) is 20.8 Å². The van der Waals surface area contributed by atoms with E-state index in [1.54, 1.807) is 12.1 Å². The van der Waals surface area contributed by atoms with E-state index in [0.717, 1.165) is 21.3 Å². The molecule has 4 heteroatoms. The summed E-state index contributed by atoms with van der Waals surface area (Å²) in [6.45, 7) is 7.08. The Balaban J connectivity index is 1.86. The van der Waals surface area contributed by atoms with E-state index in [-0.39, 0.29) is 5.91 Å². The van der Waals surface area contributed by atoms with Crippen LogP contribution < -0.4 is 10.1 Å². The van der Waals surface area contributed by atoms with Crippen molar-refractivity contribution < 1.29 is 9.53 Å². The lowest BCUT2D eigenvalue weighted by molar-refractivity contribution is 0.0947. The van der Waals surface area contributed by atoms with Gasteiger partial charge in [-0.3, -0.25) is 4.79 Å². The van der Waals surface area contributed by atoms with Crippen molar-refractivity contribution in [1.29, 1.82) is 0 Å². The molecule has 0 aliphatic carbocycles. The second-order valence-electron chi connectivity index (χ2n) is 5.26. The van der Waals surface area contributed by atoms with Crippen molar-refractivity contribution >= 4 is 21.8 Å². The molecule has 2 rings (SSSR count). The highest BCUT2D eigenvalue weighted by Crippen LogP contribution is 2.25. The number of rotatable bonds is 5. The van der Waals surface area contributed by atoms with E-state index in [0.29, 0.717) is 18.7 Å². The van der Waals surface area contributed by atoms with Gasteiger partial charge in [0.1, 0.15) is 12.4 Å².